The Morgan fingerprint density at radius 3 is 2.64 bits per heavy atom. The summed E-state index contributed by atoms with van der Waals surface area (Å²) >= 11 is 6.12. The molecule has 1 heterocycles. The molecule has 2 aromatic carbocycles. The zero-order chi connectivity index (χ0) is 17.6. The molecule has 0 aliphatic rings. The van der Waals surface area contributed by atoms with E-state index in [1.165, 1.54) is 18.5 Å². The Bertz CT molecular complexity index is 789. The SMILES string of the molecule is CCCC(C(Nc1cccc(Cl)c1)c1ccc(F)cc1)n1cncn1. The Kier molecular flexibility index (Phi) is 5.66. The van der Waals surface area contributed by atoms with Crippen molar-refractivity contribution in [3.63, 3.8) is 0 Å². The number of hydrogen-bond donors (Lipinski definition) is 1. The van der Waals surface area contributed by atoms with Crippen LogP contribution in [0.15, 0.2) is 61.2 Å². The van der Waals surface area contributed by atoms with Gasteiger partial charge in [0.05, 0.1) is 12.1 Å². The molecule has 25 heavy (non-hydrogen) atoms. The lowest BCUT2D eigenvalue weighted by Crippen LogP contribution is -2.25. The standard InChI is InChI=1S/C19H20ClFN4/c1-2-4-18(25-13-22-12-23-25)19(14-7-9-16(21)10-8-14)24-17-6-3-5-15(20)11-17/h3,5-13,18-19,24H,2,4H2,1H3. The van der Waals surface area contributed by atoms with Crippen LogP contribution in [0.25, 0.3) is 0 Å². The van der Waals surface area contributed by atoms with E-state index in [2.05, 4.69) is 22.3 Å². The summed E-state index contributed by atoms with van der Waals surface area (Å²) in [5.41, 5.74) is 1.89. The summed E-state index contributed by atoms with van der Waals surface area (Å²) in [5, 5.41) is 8.52. The van der Waals surface area contributed by atoms with Crippen LogP contribution in [-0.4, -0.2) is 14.8 Å². The zero-order valence-electron chi connectivity index (χ0n) is 13.9. The van der Waals surface area contributed by atoms with Gasteiger partial charge in [0, 0.05) is 10.7 Å². The Morgan fingerprint density at radius 1 is 1.20 bits per heavy atom. The van der Waals surface area contributed by atoms with Crippen LogP contribution in [0.1, 0.15) is 37.4 Å². The van der Waals surface area contributed by atoms with Crippen LogP contribution >= 0.6 is 11.6 Å². The Balaban J connectivity index is 1.99. The van der Waals surface area contributed by atoms with Gasteiger partial charge in [-0.05, 0) is 42.3 Å². The van der Waals surface area contributed by atoms with Gasteiger partial charge in [0.2, 0.25) is 0 Å². The fourth-order valence-electron chi connectivity index (χ4n) is 2.97. The Hall–Kier alpha value is -2.40. The maximum Gasteiger partial charge on any atom is 0.137 e. The van der Waals surface area contributed by atoms with E-state index in [-0.39, 0.29) is 17.9 Å². The first kappa shape index (κ1) is 17.4. The van der Waals surface area contributed by atoms with E-state index in [1.807, 2.05) is 28.9 Å². The molecule has 0 fully saturated rings. The van der Waals surface area contributed by atoms with Gasteiger partial charge in [-0.1, -0.05) is 43.1 Å². The van der Waals surface area contributed by atoms with Crippen molar-refractivity contribution in [2.24, 2.45) is 0 Å². The summed E-state index contributed by atoms with van der Waals surface area (Å²) in [4.78, 5) is 4.08. The largest absolute Gasteiger partial charge is 0.376 e. The summed E-state index contributed by atoms with van der Waals surface area (Å²) in [6.07, 6.45) is 5.14. The lowest BCUT2D eigenvalue weighted by molar-refractivity contribution is 0.372. The minimum absolute atomic E-state index is 0.0388. The van der Waals surface area contributed by atoms with E-state index in [1.54, 1.807) is 18.5 Å². The second kappa shape index (κ2) is 8.12. The molecule has 0 amide bonds. The van der Waals surface area contributed by atoms with Gasteiger partial charge < -0.3 is 5.32 Å². The van der Waals surface area contributed by atoms with Crippen molar-refractivity contribution in [1.82, 2.24) is 14.8 Å². The molecule has 6 heteroatoms. The second-order valence-corrected chi connectivity index (χ2v) is 6.35. The molecule has 0 radical (unpaired) electrons. The van der Waals surface area contributed by atoms with E-state index in [0.717, 1.165) is 24.1 Å². The third kappa shape index (κ3) is 4.37. The van der Waals surface area contributed by atoms with Gasteiger partial charge in [0.15, 0.2) is 0 Å². The molecule has 2 atom stereocenters. The summed E-state index contributed by atoms with van der Waals surface area (Å²) in [6.45, 7) is 2.13. The molecule has 3 rings (SSSR count). The van der Waals surface area contributed by atoms with Crippen LogP contribution in [0.5, 0.6) is 0 Å². The number of nitrogens with zero attached hydrogens (tertiary/aromatic N) is 3. The molecule has 1 N–H and O–H groups in total. The third-order valence-electron chi connectivity index (χ3n) is 4.12. The average molecular weight is 359 g/mol. The molecule has 0 aliphatic carbocycles. The molecule has 130 valence electrons. The smallest absolute Gasteiger partial charge is 0.137 e. The van der Waals surface area contributed by atoms with Crippen molar-refractivity contribution in [2.75, 3.05) is 5.32 Å². The number of benzene rings is 2. The first-order valence-corrected chi connectivity index (χ1v) is 8.67. The minimum Gasteiger partial charge on any atom is -0.376 e. The van der Waals surface area contributed by atoms with E-state index < -0.39 is 0 Å². The molecule has 3 aromatic rings. The number of aromatic nitrogens is 3. The molecule has 0 saturated heterocycles. The van der Waals surface area contributed by atoms with E-state index in [0.29, 0.717) is 5.02 Å². The van der Waals surface area contributed by atoms with Crippen LogP contribution in [0, 0.1) is 5.82 Å². The highest BCUT2D eigenvalue weighted by Crippen LogP contribution is 2.33. The van der Waals surface area contributed by atoms with Gasteiger partial charge in [-0.2, -0.15) is 5.10 Å². The molecule has 0 saturated carbocycles. The fraction of sp³-hybridized carbons (Fsp3) is 0.263. The normalized spacial score (nSPS) is 13.4. The number of nitrogens with one attached hydrogen (secondary N) is 1. The molecule has 4 nitrogen and oxygen atoms in total. The average Bonchev–Trinajstić information content (AvgIpc) is 3.13. The highest BCUT2D eigenvalue weighted by molar-refractivity contribution is 6.30. The van der Waals surface area contributed by atoms with Gasteiger partial charge in [-0.25, -0.2) is 14.1 Å². The van der Waals surface area contributed by atoms with Gasteiger partial charge in [0.1, 0.15) is 18.5 Å². The molecular weight excluding hydrogens is 339 g/mol. The minimum atomic E-state index is -0.252. The van der Waals surface area contributed by atoms with Gasteiger partial charge in [-0.3, -0.25) is 0 Å². The van der Waals surface area contributed by atoms with Gasteiger partial charge in [-0.15, -0.1) is 0 Å². The Morgan fingerprint density at radius 2 is 2.00 bits per heavy atom. The van der Waals surface area contributed by atoms with Crippen molar-refractivity contribution in [2.45, 2.75) is 31.8 Å². The van der Waals surface area contributed by atoms with Gasteiger partial charge in [0.25, 0.3) is 0 Å². The molecule has 0 aliphatic heterocycles. The van der Waals surface area contributed by atoms with Crippen LogP contribution in [0.2, 0.25) is 5.02 Å². The first-order chi connectivity index (χ1) is 12.2. The predicted molar refractivity (Wildman–Crippen MR) is 98.2 cm³/mol. The lowest BCUT2D eigenvalue weighted by atomic mass is 9.95. The van der Waals surface area contributed by atoms with E-state index in [9.17, 15) is 4.39 Å². The highest BCUT2D eigenvalue weighted by atomic mass is 35.5. The fourth-order valence-corrected chi connectivity index (χ4v) is 3.16. The van der Waals surface area contributed by atoms with E-state index >= 15 is 0 Å². The van der Waals surface area contributed by atoms with E-state index in [4.69, 9.17) is 11.6 Å². The van der Waals surface area contributed by atoms with Gasteiger partial charge >= 0.3 is 0 Å². The zero-order valence-corrected chi connectivity index (χ0v) is 14.7. The maximum atomic E-state index is 13.4. The van der Waals surface area contributed by atoms with Crippen molar-refractivity contribution >= 4 is 17.3 Å². The third-order valence-corrected chi connectivity index (χ3v) is 4.36. The van der Waals surface area contributed by atoms with Crippen molar-refractivity contribution in [3.05, 3.63) is 77.6 Å². The summed E-state index contributed by atoms with van der Waals surface area (Å²) in [5.74, 6) is -0.252. The quantitative estimate of drug-likeness (QED) is 0.626. The second-order valence-electron chi connectivity index (χ2n) is 5.92. The van der Waals surface area contributed by atoms with Crippen molar-refractivity contribution in [3.8, 4) is 0 Å². The van der Waals surface area contributed by atoms with Crippen LogP contribution in [0.3, 0.4) is 0 Å². The number of rotatable bonds is 7. The van der Waals surface area contributed by atoms with Crippen molar-refractivity contribution in [1.29, 1.82) is 0 Å². The van der Waals surface area contributed by atoms with Crippen LogP contribution in [-0.2, 0) is 0 Å². The lowest BCUT2D eigenvalue weighted by Gasteiger charge is -2.29. The monoisotopic (exact) mass is 358 g/mol. The number of hydrogen-bond acceptors (Lipinski definition) is 3. The molecule has 0 spiro atoms. The highest BCUT2D eigenvalue weighted by Gasteiger charge is 2.25. The molecule has 1 aromatic heterocycles. The summed E-state index contributed by atoms with van der Waals surface area (Å²) in [7, 11) is 0. The first-order valence-electron chi connectivity index (χ1n) is 8.29. The number of halogens is 2. The topological polar surface area (TPSA) is 42.7 Å². The number of anilines is 1. The summed E-state index contributed by atoms with van der Waals surface area (Å²) < 4.78 is 15.2. The van der Waals surface area contributed by atoms with Crippen molar-refractivity contribution < 1.29 is 4.39 Å². The van der Waals surface area contributed by atoms with Crippen LogP contribution < -0.4 is 5.32 Å². The Labute approximate surface area is 151 Å². The maximum absolute atomic E-state index is 13.4. The summed E-state index contributed by atoms with van der Waals surface area (Å²) in [6, 6.07) is 14.1. The molecular formula is C19H20ClFN4. The molecule has 2 unspecified atom stereocenters. The van der Waals surface area contributed by atoms with Crippen LogP contribution in [0.4, 0.5) is 10.1 Å². The molecule has 0 bridgehead atoms. The predicted octanol–water partition coefficient (Wildman–Crippen LogP) is 5.27.